The highest BCUT2D eigenvalue weighted by Gasteiger charge is 2.13. The quantitative estimate of drug-likeness (QED) is 0.910. The third kappa shape index (κ3) is 3.27. The van der Waals surface area contributed by atoms with Crippen molar-refractivity contribution in [1.29, 1.82) is 0 Å². The maximum Gasteiger partial charge on any atom is 0.271 e. The molecule has 0 unspecified atom stereocenters. The van der Waals surface area contributed by atoms with Crippen LogP contribution in [0.5, 0.6) is 0 Å². The molecule has 104 valence electrons. The minimum Gasteiger partial charge on any atom is -0.373 e. The van der Waals surface area contributed by atoms with Crippen molar-refractivity contribution < 1.29 is 4.79 Å². The van der Waals surface area contributed by atoms with Crippen LogP contribution >= 0.6 is 11.6 Å². The van der Waals surface area contributed by atoms with Gasteiger partial charge in [0.1, 0.15) is 11.5 Å². The maximum atomic E-state index is 12.1. The van der Waals surface area contributed by atoms with Gasteiger partial charge in [-0.15, -0.1) is 0 Å². The van der Waals surface area contributed by atoms with E-state index in [4.69, 9.17) is 11.6 Å². The molecule has 0 aliphatic carbocycles. The fourth-order valence-electron chi connectivity index (χ4n) is 1.81. The predicted octanol–water partition coefficient (Wildman–Crippen LogP) is 3.02. The van der Waals surface area contributed by atoms with E-state index < -0.39 is 0 Å². The monoisotopic (exact) mass is 289 g/mol. The molecule has 20 heavy (non-hydrogen) atoms. The second kappa shape index (κ2) is 6.39. The van der Waals surface area contributed by atoms with Gasteiger partial charge in [-0.3, -0.25) is 4.79 Å². The van der Waals surface area contributed by atoms with Crippen molar-refractivity contribution in [3.63, 3.8) is 0 Å². The number of rotatable bonds is 4. The van der Waals surface area contributed by atoms with Crippen LogP contribution in [0.3, 0.4) is 0 Å². The Kier molecular flexibility index (Phi) is 4.58. The molecule has 2 aromatic rings. The van der Waals surface area contributed by atoms with Crippen LogP contribution in [0, 0.1) is 6.92 Å². The Morgan fingerprint density at radius 3 is 2.70 bits per heavy atom. The van der Waals surface area contributed by atoms with E-state index in [1.807, 2.05) is 31.2 Å². The van der Waals surface area contributed by atoms with Gasteiger partial charge in [0.2, 0.25) is 0 Å². The van der Waals surface area contributed by atoms with Crippen molar-refractivity contribution in [2.45, 2.75) is 13.5 Å². The zero-order valence-electron chi connectivity index (χ0n) is 11.4. The normalized spacial score (nSPS) is 10.2. The molecule has 1 amide bonds. The molecule has 0 aliphatic heterocycles. The highest BCUT2D eigenvalue weighted by molar-refractivity contribution is 6.33. The molecule has 5 heteroatoms. The van der Waals surface area contributed by atoms with Gasteiger partial charge in [-0.1, -0.05) is 35.9 Å². The number of benzene rings is 1. The van der Waals surface area contributed by atoms with Gasteiger partial charge in [0.05, 0.1) is 5.02 Å². The highest BCUT2D eigenvalue weighted by Crippen LogP contribution is 2.16. The number of amides is 1. The summed E-state index contributed by atoms with van der Waals surface area (Å²) >= 11 is 6.01. The second-order valence-electron chi connectivity index (χ2n) is 4.39. The van der Waals surface area contributed by atoms with Crippen LogP contribution in [0.1, 0.15) is 21.6 Å². The number of hydrogen-bond donors (Lipinski definition) is 2. The van der Waals surface area contributed by atoms with Gasteiger partial charge in [0.25, 0.3) is 5.91 Å². The van der Waals surface area contributed by atoms with Crippen LogP contribution in [0.15, 0.2) is 36.4 Å². The summed E-state index contributed by atoms with van der Waals surface area (Å²) in [6, 6.07) is 11.3. The zero-order chi connectivity index (χ0) is 14.5. The third-order valence-electron chi connectivity index (χ3n) is 3.02. The summed E-state index contributed by atoms with van der Waals surface area (Å²) in [6.07, 6.45) is 0. The van der Waals surface area contributed by atoms with Crippen molar-refractivity contribution in [2.24, 2.45) is 0 Å². The molecule has 4 nitrogen and oxygen atoms in total. The van der Waals surface area contributed by atoms with Crippen molar-refractivity contribution in [1.82, 2.24) is 10.3 Å². The standard InChI is InChI=1S/C15H16ClN3O/c1-10-5-3-4-6-11(10)9-18-15(20)14-12(16)7-8-13(17-2)19-14/h3-8H,9H2,1-2H3,(H,17,19)(H,18,20). The Bertz CT molecular complexity index is 628. The lowest BCUT2D eigenvalue weighted by Gasteiger charge is -2.09. The van der Waals surface area contributed by atoms with E-state index in [0.29, 0.717) is 17.4 Å². The lowest BCUT2D eigenvalue weighted by atomic mass is 10.1. The topological polar surface area (TPSA) is 54.0 Å². The Hall–Kier alpha value is -2.07. The molecule has 1 aromatic heterocycles. The van der Waals surface area contributed by atoms with Gasteiger partial charge in [0, 0.05) is 13.6 Å². The Morgan fingerprint density at radius 2 is 2.00 bits per heavy atom. The molecule has 0 saturated heterocycles. The van der Waals surface area contributed by atoms with Crippen molar-refractivity contribution in [2.75, 3.05) is 12.4 Å². The molecule has 2 rings (SSSR count). The number of carbonyl (C=O) groups is 1. The number of nitrogens with zero attached hydrogens (tertiary/aromatic N) is 1. The molecule has 0 spiro atoms. The van der Waals surface area contributed by atoms with Gasteiger partial charge in [-0.05, 0) is 30.2 Å². The first-order valence-electron chi connectivity index (χ1n) is 6.29. The first-order valence-corrected chi connectivity index (χ1v) is 6.66. The minimum absolute atomic E-state index is 0.229. The van der Waals surface area contributed by atoms with Crippen LogP contribution in [0.4, 0.5) is 5.82 Å². The van der Waals surface area contributed by atoms with E-state index in [1.54, 1.807) is 19.2 Å². The van der Waals surface area contributed by atoms with Crippen LogP contribution < -0.4 is 10.6 Å². The SMILES string of the molecule is CNc1ccc(Cl)c(C(=O)NCc2ccccc2C)n1. The molecule has 2 N–H and O–H groups in total. The number of pyridine rings is 1. The number of anilines is 1. The van der Waals surface area contributed by atoms with E-state index in [2.05, 4.69) is 15.6 Å². The van der Waals surface area contributed by atoms with E-state index in [0.717, 1.165) is 11.1 Å². The molecular formula is C15H16ClN3O. The lowest BCUT2D eigenvalue weighted by Crippen LogP contribution is -2.24. The van der Waals surface area contributed by atoms with Gasteiger partial charge in [-0.25, -0.2) is 4.98 Å². The smallest absolute Gasteiger partial charge is 0.271 e. The number of nitrogens with one attached hydrogen (secondary N) is 2. The molecule has 0 aliphatic rings. The number of halogens is 1. The van der Waals surface area contributed by atoms with Gasteiger partial charge in [-0.2, -0.15) is 0 Å². The van der Waals surface area contributed by atoms with E-state index >= 15 is 0 Å². The average molecular weight is 290 g/mol. The maximum absolute atomic E-state index is 12.1. The largest absolute Gasteiger partial charge is 0.373 e. The Labute approximate surface area is 123 Å². The van der Waals surface area contributed by atoms with Gasteiger partial charge in [0.15, 0.2) is 0 Å². The van der Waals surface area contributed by atoms with Crippen molar-refractivity contribution in [3.8, 4) is 0 Å². The first kappa shape index (κ1) is 14.3. The van der Waals surface area contributed by atoms with E-state index in [9.17, 15) is 4.79 Å². The summed E-state index contributed by atoms with van der Waals surface area (Å²) < 4.78 is 0. The number of carbonyl (C=O) groups excluding carboxylic acids is 1. The predicted molar refractivity (Wildman–Crippen MR) is 81.1 cm³/mol. The molecule has 0 fully saturated rings. The van der Waals surface area contributed by atoms with E-state index in [-0.39, 0.29) is 11.6 Å². The molecular weight excluding hydrogens is 274 g/mol. The Morgan fingerprint density at radius 1 is 1.25 bits per heavy atom. The third-order valence-corrected chi connectivity index (χ3v) is 3.32. The summed E-state index contributed by atoms with van der Waals surface area (Å²) in [6.45, 7) is 2.46. The zero-order valence-corrected chi connectivity index (χ0v) is 12.2. The highest BCUT2D eigenvalue weighted by atomic mass is 35.5. The Balaban J connectivity index is 2.11. The number of aromatic nitrogens is 1. The fraction of sp³-hybridized carbons (Fsp3) is 0.200. The summed E-state index contributed by atoms with van der Waals surface area (Å²) in [4.78, 5) is 16.3. The van der Waals surface area contributed by atoms with E-state index in [1.165, 1.54) is 0 Å². The summed E-state index contributed by atoms with van der Waals surface area (Å²) in [5.74, 6) is 0.325. The average Bonchev–Trinajstić information content (AvgIpc) is 2.46. The fourth-order valence-corrected chi connectivity index (χ4v) is 2.00. The molecule has 0 radical (unpaired) electrons. The first-order chi connectivity index (χ1) is 9.61. The molecule has 0 bridgehead atoms. The minimum atomic E-state index is -0.282. The van der Waals surface area contributed by atoms with Crippen LogP contribution in [0.2, 0.25) is 5.02 Å². The summed E-state index contributed by atoms with van der Waals surface area (Å²) in [5.41, 5.74) is 2.43. The van der Waals surface area contributed by atoms with Gasteiger partial charge >= 0.3 is 0 Å². The molecule has 1 heterocycles. The molecule has 0 saturated carbocycles. The van der Waals surface area contributed by atoms with Crippen LogP contribution in [-0.4, -0.2) is 17.9 Å². The summed E-state index contributed by atoms with van der Waals surface area (Å²) in [5, 5.41) is 6.06. The lowest BCUT2D eigenvalue weighted by molar-refractivity contribution is 0.0946. The van der Waals surface area contributed by atoms with Crippen molar-refractivity contribution in [3.05, 3.63) is 58.2 Å². The van der Waals surface area contributed by atoms with Crippen molar-refractivity contribution >= 4 is 23.3 Å². The van der Waals surface area contributed by atoms with Crippen LogP contribution in [0.25, 0.3) is 0 Å². The van der Waals surface area contributed by atoms with Gasteiger partial charge < -0.3 is 10.6 Å². The molecule has 0 atom stereocenters. The second-order valence-corrected chi connectivity index (χ2v) is 4.79. The number of hydrogen-bond acceptors (Lipinski definition) is 3. The molecule has 1 aromatic carbocycles. The summed E-state index contributed by atoms with van der Waals surface area (Å²) in [7, 11) is 1.74. The van der Waals surface area contributed by atoms with Crippen LogP contribution in [-0.2, 0) is 6.54 Å². The number of aryl methyl sites for hydroxylation is 1.